The third-order valence-corrected chi connectivity index (χ3v) is 7.61. The van der Waals surface area contributed by atoms with Crippen LogP contribution in [0.1, 0.15) is 21.0 Å². The number of anilines is 1. The molecule has 0 fully saturated rings. The first-order valence-electron chi connectivity index (χ1n) is 8.04. The fourth-order valence-corrected chi connectivity index (χ4v) is 6.74. The molecule has 0 bridgehead atoms. The van der Waals surface area contributed by atoms with Crippen molar-refractivity contribution in [1.29, 1.82) is 0 Å². The van der Waals surface area contributed by atoms with E-state index in [-0.39, 0.29) is 0 Å². The third-order valence-electron chi connectivity index (χ3n) is 4.47. The van der Waals surface area contributed by atoms with Gasteiger partial charge in [-0.05, 0) is 38.8 Å². The molecule has 0 aliphatic carbocycles. The maximum Gasteiger partial charge on any atom is 0.266 e. The van der Waals surface area contributed by atoms with E-state index in [0.717, 1.165) is 33.1 Å². The van der Waals surface area contributed by atoms with Gasteiger partial charge in [-0.25, -0.2) is 8.42 Å². The Hall–Kier alpha value is -2.12. The summed E-state index contributed by atoms with van der Waals surface area (Å²) in [5, 5.41) is 3.92. The number of rotatable bonds is 3. The van der Waals surface area contributed by atoms with Crippen molar-refractivity contribution in [2.45, 2.75) is 32.1 Å². The molecule has 1 aromatic carbocycles. The van der Waals surface area contributed by atoms with E-state index in [9.17, 15) is 8.42 Å². The summed E-state index contributed by atoms with van der Waals surface area (Å²) in [5.74, 6) is 0.505. The highest BCUT2D eigenvalue weighted by atomic mass is 32.2. The number of sulfonamides is 1. The highest BCUT2D eigenvalue weighted by molar-refractivity contribution is 7.93. The van der Waals surface area contributed by atoms with Crippen molar-refractivity contribution < 1.29 is 12.9 Å². The fraction of sp³-hybridized carbons (Fsp3) is 0.278. The lowest BCUT2D eigenvalue weighted by Gasteiger charge is -2.20. The van der Waals surface area contributed by atoms with Gasteiger partial charge in [-0.2, -0.15) is 0 Å². The zero-order valence-electron chi connectivity index (χ0n) is 14.2. The molecular weight excluding hydrogens is 356 g/mol. The van der Waals surface area contributed by atoms with Crippen LogP contribution < -0.4 is 4.31 Å². The Morgan fingerprint density at radius 2 is 1.92 bits per heavy atom. The van der Waals surface area contributed by atoms with Crippen molar-refractivity contribution in [3.05, 3.63) is 51.3 Å². The number of para-hydroxylation sites is 1. The molecule has 0 unspecified atom stereocenters. The summed E-state index contributed by atoms with van der Waals surface area (Å²) in [4.78, 5) is 2.02. The molecule has 1 aliphatic rings. The van der Waals surface area contributed by atoms with Gasteiger partial charge in [0.15, 0.2) is 5.76 Å². The summed E-state index contributed by atoms with van der Waals surface area (Å²) in [6.45, 7) is 6.05. The Kier molecular flexibility index (Phi) is 3.73. The number of hydrogen-bond acceptors (Lipinski definition) is 5. The van der Waals surface area contributed by atoms with Gasteiger partial charge in [-0.1, -0.05) is 23.4 Å². The van der Waals surface area contributed by atoms with Crippen LogP contribution in [0, 0.1) is 20.8 Å². The standard InChI is InChI=1S/C18H18N2O3S2/c1-11-10-16(23-19-11)17-12(2)24-13(3)18(17)25(21,22)20-9-8-14-6-4-5-7-15(14)20/h4-7,10H,8-9H2,1-3H3. The predicted molar refractivity (Wildman–Crippen MR) is 98.7 cm³/mol. The summed E-state index contributed by atoms with van der Waals surface area (Å²) in [7, 11) is -3.68. The minimum absolute atomic E-state index is 0.336. The van der Waals surface area contributed by atoms with E-state index in [1.165, 1.54) is 15.6 Å². The van der Waals surface area contributed by atoms with Crippen LogP contribution in [-0.4, -0.2) is 20.1 Å². The summed E-state index contributed by atoms with van der Waals surface area (Å²) in [6, 6.07) is 9.45. The number of benzene rings is 1. The molecular formula is C18H18N2O3S2. The molecule has 5 nitrogen and oxygen atoms in total. The van der Waals surface area contributed by atoms with Gasteiger partial charge in [-0.3, -0.25) is 4.31 Å². The van der Waals surface area contributed by atoms with Gasteiger partial charge >= 0.3 is 0 Å². The van der Waals surface area contributed by atoms with E-state index in [1.54, 1.807) is 6.07 Å². The SMILES string of the molecule is Cc1cc(-c2c(C)sc(C)c2S(=O)(=O)N2CCc3ccccc32)on1. The molecule has 3 heterocycles. The largest absolute Gasteiger partial charge is 0.356 e. The maximum absolute atomic E-state index is 13.5. The molecule has 0 radical (unpaired) electrons. The van der Waals surface area contributed by atoms with E-state index in [1.807, 2.05) is 45.0 Å². The Bertz CT molecular complexity index is 1060. The van der Waals surface area contributed by atoms with E-state index < -0.39 is 10.0 Å². The number of nitrogens with zero attached hydrogens (tertiary/aromatic N) is 2. The number of aromatic nitrogens is 1. The molecule has 130 valence electrons. The van der Waals surface area contributed by atoms with Crippen molar-refractivity contribution in [3.63, 3.8) is 0 Å². The molecule has 0 N–H and O–H groups in total. The smallest absolute Gasteiger partial charge is 0.266 e. The Morgan fingerprint density at radius 3 is 2.64 bits per heavy atom. The Labute approximate surface area is 150 Å². The third kappa shape index (κ3) is 2.49. The minimum Gasteiger partial charge on any atom is -0.356 e. The van der Waals surface area contributed by atoms with Crippen molar-refractivity contribution in [1.82, 2.24) is 5.16 Å². The van der Waals surface area contributed by atoms with E-state index in [2.05, 4.69) is 5.16 Å². The summed E-state index contributed by atoms with van der Waals surface area (Å²) < 4.78 is 33.9. The zero-order chi connectivity index (χ0) is 17.8. The normalized spacial score (nSPS) is 14.1. The van der Waals surface area contributed by atoms with Crippen molar-refractivity contribution >= 4 is 27.0 Å². The van der Waals surface area contributed by atoms with Crippen LogP contribution in [0.25, 0.3) is 11.3 Å². The predicted octanol–water partition coefficient (Wildman–Crippen LogP) is 4.08. The van der Waals surface area contributed by atoms with E-state index in [4.69, 9.17) is 4.52 Å². The zero-order valence-corrected chi connectivity index (χ0v) is 15.9. The average molecular weight is 374 g/mol. The van der Waals surface area contributed by atoms with Crippen molar-refractivity contribution in [2.75, 3.05) is 10.8 Å². The second-order valence-corrected chi connectivity index (χ2v) is 9.44. The van der Waals surface area contributed by atoms with E-state index in [0.29, 0.717) is 22.8 Å². The maximum atomic E-state index is 13.5. The van der Waals surface area contributed by atoms with Crippen LogP contribution in [0.5, 0.6) is 0 Å². The van der Waals surface area contributed by atoms with Gasteiger partial charge in [0.2, 0.25) is 0 Å². The van der Waals surface area contributed by atoms with Gasteiger partial charge in [0, 0.05) is 22.4 Å². The van der Waals surface area contributed by atoms with Crippen LogP contribution in [0.3, 0.4) is 0 Å². The van der Waals surface area contributed by atoms with Gasteiger partial charge in [0.1, 0.15) is 4.90 Å². The van der Waals surface area contributed by atoms with Crippen molar-refractivity contribution in [3.8, 4) is 11.3 Å². The van der Waals surface area contributed by atoms with Gasteiger partial charge in [0.25, 0.3) is 10.0 Å². The molecule has 25 heavy (non-hydrogen) atoms. The average Bonchev–Trinajstić information content (AvgIpc) is 3.24. The monoisotopic (exact) mass is 374 g/mol. The lowest BCUT2D eigenvalue weighted by Crippen LogP contribution is -2.29. The lowest BCUT2D eigenvalue weighted by atomic mass is 10.2. The summed E-state index contributed by atoms with van der Waals surface area (Å²) >= 11 is 1.47. The molecule has 0 atom stereocenters. The molecule has 3 aromatic rings. The number of hydrogen-bond donors (Lipinski definition) is 0. The highest BCUT2D eigenvalue weighted by Crippen LogP contribution is 2.42. The highest BCUT2D eigenvalue weighted by Gasteiger charge is 2.36. The molecule has 0 saturated heterocycles. The molecule has 1 aliphatic heterocycles. The van der Waals surface area contributed by atoms with Crippen LogP contribution >= 0.6 is 11.3 Å². The first-order valence-corrected chi connectivity index (χ1v) is 10.3. The summed E-state index contributed by atoms with van der Waals surface area (Å²) in [5.41, 5.74) is 3.19. The fourth-order valence-electron chi connectivity index (χ4n) is 3.41. The summed E-state index contributed by atoms with van der Waals surface area (Å²) in [6.07, 6.45) is 0.730. The van der Waals surface area contributed by atoms with Gasteiger partial charge < -0.3 is 4.52 Å². The molecule has 7 heteroatoms. The molecule has 0 spiro atoms. The number of fused-ring (bicyclic) bond motifs is 1. The molecule has 0 amide bonds. The number of thiophene rings is 1. The second kappa shape index (κ2) is 5.71. The first-order chi connectivity index (χ1) is 11.9. The molecule has 4 rings (SSSR count). The van der Waals surface area contributed by atoms with E-state index >= 15 is 0 Å². The Balaban J connectivity index is 1.91. The van der Waals surface area contributed by atoms with Crippen LogP contribution in [0.2, 0.25) is 0 Å². The lowest BCUT2D eigenvalue weighted by molar-refractivity contribution is 0.426. The van der Waals surface area contributed by atoms with Gasteiger partial charge in [0.05, 0.1) is 16.9 Å². The van der Waals surface area contributed by atoms with Crippen molar-refractivity contribution in [2.24, 2.45) is 0 Å². The van der Waals surface area contributed by atoms with Crippen LogP contribution in [0.4, 0.5) is 5.69 Å². The number of aryl methyl sites for hydroxylation is 3. The van der Waals surface area contributed by atoms with Crippen LogP contribution in [-0.2, 0) is 16.4 Å². The minimum atomic E-state index is -3.68. The topological polar surface area (TPSA) is 63.4 Å². The second-order valence-electron chi connectivity index (χ2n) is 6.21. The molecule has 0 saturated carbocycles. The first kappa shape index (κ1) is 16.4. The Morgan fingerprint density at radius 1 is 1.16 bits per heavy atom. The van der Waals surface area contributed by atoms with Crippen LogP contribution in [0.15, 0.2) is 39.8 Å². The van der Waals surface area contributed by atoms with Gasteiger partial charge in [-0.15, -0.1) is 11.3 Å². The molecule has 2 aromatic heterocycles. The quantitative estimate of drug-likeness (QED) is 0.693.